The van der Waals surface area contributed by atoms with Crippen LogP contribution in [0.3, 0.4) is 0 Å². The van der Waals surface area contributed by atoms with Crippen LogP contribution in [0.15, 0.2) is 54.7 Å². The maximum absolute atomic E-state index is 12.8. The number of methoxy groups -OCH3 is 1. The molecule has 3 rings (SSSR count). The number of aromatic nitrogens is 2. The number of rotatable bonds is 7. The van der Waals surface area contributed by atoms with Crippen LogP contribution < -0.4 is 10.1 Å². The van der Waals surface area contributed by atoms with E-state index in [1.54, 1.807) is 24.3 Å². The van der Waals surface area contributed by atoms with Gasteiger partial charge in [-0.15, -0.1) is 0 Å². The Kier molecular flexibility index (Phi) is 6.51. The highest BCUT2D eigenvalue weighted by Crippen LogP contribution is 2.24. The summed E-state index contributed by atoms with van der Waals surface area (Å²) in [7, 11) is 1.30. The van der Waals surface area contributed by atoms with E-state index in [2.05, 4.69) is 20.3 Å². The molecule has 2 N–H and O–H groups in total. The third kappa shape index (κ3) is 5.14. The van der Waals surface area contributed by atoms with Gasteiger partial charge in [0.15, 0.2) is 6.61 Å². The quantitative estimate of drug-likeness (QED) is 0.575. The van der Waals surface area contributed by atoms with Crippen LogP contribution in [0.25, 0.3) is 11.3 Å². The standard InChI is InChI=1S/C21H20ClN3O4/c1-13(14-5-9-17(10-6-14)29-12-19(26)28-2)24-21(27)18-11-23-25-20(18)15-3-7-16(22)8-4-15/h3-11,13H,12H2,1-2H3,(H,23,25)(H,24,27). The van der Waals surface area contributed by atoms with Crippen molar-refractivity contribution in [2.45, 2.75) is 13.0 Å². The van der Waals surface area contributed by atoms with E-state index in [4.69, 9.17) is 16.3 Å². The van der Waals surface area contributed by atoms with Crippen LogP contribution in [-0.4, -0.2) is 35.8 Å². The van der Waals surface area contributed by atoms with Crippen LogP contribution in [0.2, 0.25) is 5.02 Å². The van der Waals surface area contributed by atoms with Gasteiger partial charge in [0.1, 0.15) is 5.75 Å². The molecule has 2 aromatic carbocycles. The van der Waals surface area contributed by atoms with E-state index in [1.165, 1.54) is 13.3 Å². The van der Waals surface area contributed by atoms with Crippen molar-refractivity contribution in [1.29, 1.82) is 0 Å². The number of esters is 1. The summed E-state index contributed by atoms with van der Waals surface area (Å²) in [6.45, 7) is 1.72. The third-order valence-corrected chi connectivity index (χ3v) is 4.58. The first-order chi connectivity index (χ1) is 14.0. The first-order valence-electron chi connectivity index (χ1n) is 8.87. The predicted octanol–water partition coefficient (Wildman–Crippen LogP) is 3.77. The van der Waals surface area contributed by atoms with Gasteiger partial charge >= 0.3 is 5.97 Å². The molecule has 7 nitrogen and oxygen atoms in total. The van der Waals surface area contributed by atoms with Gasteiger partial charge in [0.25, 0.3) is 5.91 Å². The van der Waals surface area contributed by atoms with Gasteiger partial charge in [-0.25, -0.2) is 4.79 Å². The number of nitrogens with zero attached hydrogens (tertiary/aromatic N) is 1. The number of aromatic amines is 1. The second-order valence-electron chi connectivity index (χ2n) is 6.29. The number of nitrogens with one attached hydrogen (secondary N) is 2. The molecule has 0 fully saturated rings. The minimum Gasteiger partial charge on any atom is -0.482 e. The van der Waals surface area contributed by atoms with Crippen molar-refractivity contribution in [3.8, 4) is 17.0 Å². The zero-order chi connectivity index (χ0) is 20.8. The number of carbonyl (C=O) groups excluding carboxylic acids is 2. The molecule has 0 saturated heterocycles. The minimum atomic E-state index is -0.452. The second kappa shape index (κ2) is 9.25. The number of amides is 1. The number of benzene rings is 2. The monoisotopic (exact) mass is 413 g/mol. The summed E-state index contributed by atoms with van der Waals surface area (Å²) >= 11 is 5.93. The number of carbonyl (C=O) groups is 2. The van der Waals surface area contributed by atoms with E-state index in [1.807, 2.05) is 31.2 Å². The lowest BCUT2D eigenvalue weighted by Crippen LogP contribution is -2.26. The largest absolute Gasteiger partial charge is 0.482 e. The minimum absolute atomic E-state index is 0.157. The summed E-state index contributed by atoms with van der Waals surface area (Å²) < 4.78 is 9.86. The van der Waals surface area contributed by atoms with E-state index in [0.29, 0.717) is 22.0 Å². The molecule has 0 saturated carbocycles. The van der Waals surface area contributed by atoms with Crippen molar-refractivity contribution < 1.29 is 19.1 Å². The summed E-state index contributed by atoms with van der Waals surface area (Å²) in [5.74, 6) is -0.161. The highest BCUT2D eigenvalue weighted by Gasteiger charge is 2.18. The Balaban J connectivity index is 1.66. The summed E-state index contributed by atoms with van der Waals surface area (Å²) in [5.41, 5.74) is 2.77. The molecule has 0 aliphatic carbocycles. The van der Waals surface area contributed by atoms with Crippen LogP contribution >= 0.6 is 11.6 Å². The fraction of sp³-hybridized carbons (Fsp3) is 0.190. The lowest BCUT2D eigenvalue weighted by molar-refractivity contribution is -0.142. The van der Waals surface area contributed by atoms with Crippen molar-refractivity contribution in [2.75, 3.05) is 13.7 Å². The molecule has 1 atom stereocenters. The molecule has 0 radical (unpaired) electrons. The average molecular weight is 414 g/mol. The van der Waals surface area contributed by atoms with Gasteiger partial charge in [-0.3, -0.25) is 9.89 Å². The lowest BCUT2D eigenvalue weighted by Gasteiger charge is -2.15. The molecule has 1 heterocycles. The molecule has 150 valence electrons. The topological polar surface area (TPSA) is 93.3 Å². The average Bonchev–Trinajstić information content (AvgIpc) is 3.23. The number of hydrogen-bond donors (Lipinski definition) is 2. The molecule has 0 aliphatic heterocycles. The van der Waals surface area contributed by atoms with E-state index >= 15 is 0 Å². The molecule has 3 aromatic rings. The molecule has 0 bridgehead atoms. The molecule has 1 unspecified atom stereocenters. The van der Waals surface area contributed by atoms with Crippen LogP contribution in [-0.2, 0) is 9.53 Å². The maximum atomic E-state index is 12.8. The Labute approximate surface area is 173 Å². The maximum Gasteiger partial charge on any atom is 0.343 e. The summed E-state index contributed by atoms with van der Waals surface area (Å²) in [4.78, 5) is 23.9. The molecular formula is C21H20ClN3O4. The molecule has 1 amide bonds. The molecule has 8 heteroatoms. The Bertz CT molecular complexity index is 984. The van der Waals surface area contributed by atoms with Crippen LogP contribution in [0.5, 0.6) is 5.75 Å². The van der Waals surface area contributed by atoms with Crippen molar-refractivity contribution in [3.63, 3.8) is 0 Å². The van der Waals surface area contributed by atoms with Gasteiger partial charge in [0.2, 0.25) is 0 Å². The molecular weight excluding hydrogens is 394 g/mol. The highest BCUT2D eigenvalue weighted by atomic mass is 35.5. The fourth-order valence-electron chi connectivity index (χ4n) is 2.71. The van der Waals surface area contributed by atoms with Gasteiger partial charge in [0, 0.05) is 10.6 Å². The van der Waals surface area contributed by atoms with Gasteiger partial charge < -0.3 is 14.8 Å². The highest BCUT2D eigenvalue weighted by molar-refractivity contribution is 6.30. The lowest BCUT2D eigenvalue weighted by atomic mass is 10.1. The first kappa shape index (κ1) is 20.4. The molecule has 29 heavy (non-hydrogen) atoms. The number of H-pyrrole nitrogens is 1. The smallest absolute Gasteiger partial charge is 0.343 e. The van der Waals surface area contributed by atoms with Gasteiger partial charge in [-0.1, -0.05) is 35.9 Å². The normalized spacial score (nSPS) is 11.6. The van der Waals surface area contributed by atoms with Crippen LogP contribution in [0.4, 0.5) is 0 Å². The van der Waals surface area contributed by atoms with Crippen molar-refractivity contribution >= 4 is 23.5 Å². The molecule has 0 aliphatic rings. The Hall–Kier alpha value is -3.32. The van der Waals surface area contributed by atoms with Gasteiger partial charge in [-0.05, 0) is 36.8 Å². The van der Waals surface area contributed by atoms with E-state index in [9.17, 15) is 9.59 Å². The summed E-state index contributed by atoms with van der Waals surface area (Å²) in [6, 6.07) is 14.0. The third-order valence-electron chi connectivity index (χ3n) is 4.33. The zero-order valence-electron chi connectivity index (χ0n) is 15.9. The SMILES string of the molecule is COC(=O)COc1ccc(C(C)NC(=O)c2cn[nH]c2-c2ccc(Cl)cc2)cc1. The van der Waals surface area contributed by atoms with Gasteiger partial charge in [-0.2, -0.15) is 5.10 Å². The van der Waals surface area contributed by atoms with E-state index < -0.39 is 5.97 Å². The summed E-state index contributed by atoms with van der Waals surface area (Å²) in [6.07, 6.45) is 1.50. The fourth-order valence-corrected chi connectivity index (χ4v) is 2.83. The predicted molar refractivity (Wildman–Crippen MR) is 109 cm³/mol. The van der Waals surface area contributed by atoms with E-state index in [-0.39, 0.29) is 18.6 Å². The van der Waals surface area contributed by atoms with Crippen molar-refractivity contribution in [2.24, 2.45) is 0 Å². The molecule has 0 spiro atoms. The van der Waals surface area contributed by atoms with Crippen molar-refractivity contribution in [1.82, 2.24) is 15.5 Å². The Morgan fingerprint density at radius 2 is 1.83 bits per heavy atom. The van der Waals surface area contributed by atoms with E-state index in [0.717, 1.165) is 11.1 Å². The number of ether oxygens (including phenoxy) is 2. The molecule has 1 aromatic heterocycles. The Morgan fingerprint density at radius 3 is 2.48 bits per heavy atom. The number of halogens is 1. The second-order valence-corrected chi connectivity index (χ2v) is 6.73. The Morgan fingerprint density at radius 1 is 1.14 bits per heavy atom. The van der Waals surface area contributed by atoms with Gasteiger partial charge in [0.05, 0.1) is 30.6 Å². The van der Waals surface area contributed by atoms with Crippen LogP contribution in [0, 0.1) is 0 Å². The zero-order valence-corrected chi connectivity index (χ0v) is 16.7. The number of hydrogen-bond acceptors (Lipinski definition) is 5. The first-order valence-corrected chi connectivity index (χ1v) is 9.25. The van der Waals surface area contributed by atoms with Crippen molar-refractivity contribution in [3.05, 3.63) is 70.9 Å². The summed E-state index contributed by atoms with van der Waals surface area (Å²) in [5, 5.41) is 10.4. The van der Waals surface area contributed by atoms with Crippen LogP contribution in [0.1, 0.15) is 28.9 Å².